The molecular formula is C20H23NO. The van der Waals surface area contributed by atoms with E-state index >= 15 is 0 Å². The summed E-state index contributed by atoms with van der Waals surface area (Å²) in [5.41, 5.74) is 2.81. The zero-order valence-corrected chi connectivity index (χ0v) is 12.9. The van der Waals surface area contributed by atoms with Gasteiger partial charge in [0.1, 0.15) is 5.75 Å². The van der Waals surface area contributed by atoms with Crippen LogP contribution in [-0.4, -0.2) is 11.3 Å². The highest BCUT2D eigenvalue weighted by Gasteiger charge is 2.18. The molecule has 1 aliphatic carbocycles. The summed E-state index contributed by atoms with van der Waals surface area (Å²) in [4.78, 5) is 4.46. The fourth-order valence-electron chi connectivity index (χ4n) is 3.26. The highest BCUT2D eigenvalue weighted by molar-refractivity contribution is 5.86. The van der Waals surface area contributed by atoms with Crippen LogP contribution in [0.5, 0.6) is 5.75 Å². The predicted molar refractivity (Wildman–Crippen MR) is 92.2 cm³/mol. The van der Waals surface area contributed by atoms with Crippen molar-refractivity contribution in [3.05, 3.63) is 59.7 Å². The second-order valence-electron chi connectivity index (χ2n) is 6.07. The fourth-order valence-corrected chi connectivity index (χ4v) is 3.26. The van der Waals surface area contributed by atoms with Gasteiger partial charge in [-0.15, -0.1) is 0 Å². The lowest BCUT2D eigenvalue weighted by atomic mass is 9.90. The third-order valence-corrected chi connectivity index (χ3v) is 4.50. The molecule has 114 valence electrons. The predicted octanol–water partition coefficient (Wildman–Crippen LogP) is 5.58. The van der Waals surface area contributed by atoms with Gasteiger partial charge in [-0.1, -0.05) is 56.0 Å². The molecular weight excluding hydrogens is 270 g/mol. The first kappa shape index (κ1) is 14.8. The summed E-state index contributed by atoms with van der Waals surface area (Å²) in [6.07, 6.45) is 9.34. The highest BCUT2D eigenvalue weighted by atomic mass is 16.3. The molecule has 1 N–H and O–H groups in total. The summed E-state index contributed by atoms with van der Waals surface area (Å²) in [6, 6.07) is 15.9. The van der Waals surface area contributed by atoms with Crippen molar-refractivity contribution in [1.29, 1.82) is 0 Å². The SMILES string of the molecule is Oc1c(C=Nc2ccccc2)cccc1C1CCCCCC1. The van der Waals surface area contributed by atoms with Crippen LogP contribution in [0.4, 0.5) is 5.69 Å². The van der Waals surface area contributed by atoms with Crippen molar-refractivity contribution in [2.24, 2.45) is 4.99 Å². The Balaban J connectivity index is 1.84. The molecule has 1 aliphatic rings. The molecule has 2 nitrogen and oxygen atoms in total. The Morgan fingerprint density at radius 3 is 2.32 bits per heavy atom. The lowest BCUT2D eigenvalue weighted by molar-refractivity contribution is 0.453. The summed E-state index contributed by atoms with van der Waals surface area (Å²) < 4.78 is 0. The standard InChI is InChI=1S/C20H23NO/c22-20-17(15-21-18-12-6-3-7-13-18)11-8-14-19(20)16-9-4-1-2-5-10-16/h3,6-8,11-16,22H,1-2,4-5,9-10H2. The maximum atomic E-state index is 10.6. The van der Waals surface area contributed by atoms with Crippen LogP contribution in [0.25, 0.3) is 0 Å². The lowest BCUT2D eigenvalue weighted by Gasteiger charge is -2.17. The van der Waals surface area contributed by atoms with Crippen LogP contribution in [0.3, 0.4) is 0 Å². The molecule has 0 radical (unpaired) electrons. The van der Waals surface area contributed by atoms with Gasteiger partial charge < -0.3 is 5.11 Å². The molecule has 2 heteroatoms. The van der Waals surface area contributed by atoms with Crippen LogP contribution in [0, 0.1) is 0 Å². The average Bonchev–Trinajstić information content (AvgIpc) is 2.84. The van der Waals surface area contributed by atoms with Gasteiger partial charge in [0.25, 0.3) is 0 Å². The number of benzene rings is 2. The van der Waals surface area contributed by atoms with Crippen LogP contribution in [0.1, 0.15) is 55.6 Å². The minimum atomic E-state index is 0.411. The zero-order chi connectivity index (χ0) is 15.2. The van der Waals surface area contributed by atoms with Crippen molar-refractivity contribution >= 4 is 11.9 Å². The number of aliphatic imine (C=N–C) groups is 1. The van der Waals surface area contributed by atoms with Gasteiger partial charge in [-0.05, 0) is 42.5 Å². The van der Waals surface area contributed by atoms with E-state index in [9.17, 15) is 5.11 Å². The molecule has 0 unspecified atom stereocenters. The molecule has 1 fully saturated rings. The molecule has 2 aromatic carbocycles. The number of hydrogen-bond donors (Lipinski definition) is 1. The number of phenols is 1. The summed E-state index contributed by atoms with van der Waals surface area (Å²) in [5, 5.41) is 10.6. The van der Waals surface area contributed by atoms with Crippen LogP contribution in [0.2, 0.25) is 0 Å². The Bertz CT molecular complexity index is 625. The van der Waals surface area contributed by atoms with Crippen LogP contribution < -0.4 is 0 Å². The van der Waals surface area contributed by atoms with E-state index in [1.807, 2.05) is 42.5 Å². The van der Waals surface area contributed by atoms with Crippen LogP contribution in [-0.2, 0) is 0 Å². The maximum Gasteiger partial charge on any atom is 0.127 e. The maximum absolute atomic E-state index is 10.6. The van der Waals surface area contributed by atoms with Crippen molar-refractivity contribution in [3.8, 4) is 5.75 Å². The van der Waals surface area contributed by atoms with E-state index in [1.165, 1.54) is 38.5 Å². The third-order valence-electron chi connectivity index (χ3n) is 4.50. The molecule has 0 bridgehead atoms. The zero-order valence-electron chi connectivity index (χ0n) is 12.9. The van der Waals surface area contributed by atoms with E-state index < -0.39 is 0 Å². The molecule has 0 amide bonds. The molecule has 0 saturated heterocycles. The van der Waals surface area contributed by atoms with Gasteiger partial charge in [-0.3, -0.25) is 4.99 Å². The van der Waals surface area contributed by atoms with E-state index in [-0.39, 0.29) is 0 Å². The molecule has 0 spiro atoms. The Hall–Kier alpha value is -2.09. The van der Waals surface area contributed by atoms with Gasteiger partial charge in [0.2, 0.25) is 0 Å². The second-order valence-corrected chi connectivity index (χ2v) is 6.07. The van der Waals surface area contributed by atoms with Gasteiger partial charge in [-0.2, -0.15) is 0 Å². The van der Waals surface area contributed by atoms with Crippen LogP contribution >= 0.6 is 0 Å². The minimum Gasteiger partial charge on any atom is -0.507 e. The van der Waals surface area contributed by atoms with Gasteiger partial charge in [-0.25, -0.2) is 0 Å². The fraction of sp³-hybridized carbons (Fsp3) is 0.350. The molecule has 0 aromatic heterocycles. The molecule has 22 heavy (non-hydrogen) atoms. The first-order chi connectivity index (χ1) is 10.8. The quantitative estimate of drug-likeness (QED) is 0.581. The van der Waals surface area contributed by atoms with Crippen molar-refractivity contribution in [2.45, 2.75) is 44.4 Å². The third kappa shape index (κ3) is 3.56. The van der Waals surface area contributed by atoms with Gasteiger partial charge in [0, 0.05) is 11.8 Å². The van der Waals surface area contributed by atoms with Gasteiger partial charge in [0.05, 0.1) is 5.69 Å². The minimum absolute atomic E-state index is 0.411. The average molecular weight is 293 g/mol. The number of phenolic OH excluding ortho intramolecular Hbond substituents is 1. The van der Waals surface area contributed by atoms with Crippen molar-refractivity contribution in [3.63, 3.8) is 0 Å². The summed E-state index contributed by atoms with van der Waals surface area (Å²) in [6.45, 7) is 0. The van der Waals surface area contributed by atoms with Gasteiger partial charge in [0.15, 0.2) is 0 Å². The Labute approximate surface area is 132 Å². The molecule has 1 saturated carbocycles. The topological polar surface area (TPSA) is 32.6 Å². The summed E-state index contributed by atoms with van der Waals surface area (Å²) in [5.74, 6) is 0.904. The number of para-hydroxylation sites is 2. The molecule has 3 rings (SSSR count). The number of nitrogens with zero attached hydrogens (tertiary/aromatic N) is 1. The van der Waals surface area contributed by atoms with Crippen molar-refractivity contribution in [1.82, 2.24) is 0 Å². The van der Waals surface area contributed by atoms with Crippen molar-refractivity contribution in [2.75, 3.05) is 0 Å². The molecule has 0 atom stereocenters. The van der Waals surface area contributed by atoms with E-state index in [2.05, 4.69) is 11.1 Å². The first-order valence-electron chi connectivity index (χ1n) is 8.25. The van der Waals surface area contributed by atoms with E-state index in [1.54, 1.807) is 6.21 Å². The molecule has 0 aliphatic heterocycles. The van der Waals surface area contributed by atoms with Crippen molar-refractivity contribution < 1.29 is 5.11 Å². The molecule has 2 aromatic rings. The Morgan fingerprint density at radius 1 is 0.864 bits per heavy atom. The smallest absolute Gasteiger partial charge is 0.127 e. The second kappa shape index (κ2) is 7.26. The Morgan fingerprint density at radius 2 is 1.59 bits per heavy atom. The van der Waals surface area contributed by atoms with E-state index in [0.29, 0.717) is 11.7 Å². The lowest BCUT2D eigenvalue weighted by Crippen LogP contribution is -1.99. The molecule has 0 heterocycles. The largest absolute Gasteiger partial charge is 0.507 e. The van der Waals surface area contributed by atoms with E-state index in [4.69, 9.17) is 0 Å². The van der Waals surface area contributed by atoms with Crippen LogP contribution in [0.15, 0.2) is 53.5 Å². The first-order valence-corrected chi connectivity index (χ1v) is 8.25. The summed E-state index contributed by atoms with van der Waals surface area (Å²) in [7, 11) is 0. The monoisotopic (exact) mass is 293 g/mol. The highest BCUT2D eigenvalue weighted by Crippen LogP contribution is 2.37. The Kier molecular flexibility index (Phi) is 4.89. The normalized spacial score (nSPS) is 16.7. The van der Waals surface area contributed by atoms with E-state index in [0.717, 1.165) is 16.8 Å². The number of rotatable bonds is 3. The number of hydrogen-bond acceptors (Lipinski definition) is 2. The number of aromatic hydroxyl groups is 1. The summed E-state index contributed by atoms with van der Waals surface area (Å²) >= 11 is 0. The van der Waals surface area contributed by atoms with Gasteiger partial charge >= 0.3 is 0 Å².